The molecular weight excluding hydrogens is 326 g/mol. The van der Waals surface area contributed by atoms with E-state index in [-0.39, 0.29) is 11.7 Å². The van der Waals surface area contributed by atoms with Crippen LogP contribution >= 0.6 is 11.6 Å². The van der Waals surface area contributed by atoms with Gasteiger partial charge in [-0.05, 0) is 48.4 Å². The van der Waals surface area contributed by atoms with Crippen molar-refractivity contribution in [3.05, 3.63) is 53.1 Å². The predicted octanol–water partition coefficient (Wildman–Crippen LogP) is 2.59. The number of fused-ring (bicyclic) bond motifs is 1. The molecule has 0 spiro atoms. The number of rotatable bonds is 5. The third kappa shape index (κ3) is 3.35. The summed E-state index contributed by atoms with van der Waals surface area (Å²) in [6.07, 6.45) is 0.559. The molecule has 0 fully saturated rings. The van der Waals surface area contributed by atoms with E-state index in [0.29, 0.717) is 29.5 Å². The molecule has 116 valence electrons. The number of benzene rings is 2. The second kappa shape index (κ2) is 6.16. The van der Waals surface area contributed by atoms with Crippen LogP contribution < -0.4 is 14.2 Å². The average molecular weight is 340 g/mol. The lowest BCUT2D eigenvalue weighted by atomic mass is 10.1. The minimum atomic E-state index is -3.52. The Labute approximate surface area is 133 Å². The minimum absolute atomic E-state index is 0.197. The standard InChI is InChI=1S/C15H14ClNO4S/c16-12-2-4-13(5-3-12)22(18,19)17-8-7-11-1-6-14-15(9-11)21-10-20-14/h1-6,9,17H,7-8,10H2. The van der Waals surface area contributed by atoms with Crippen molar-refractivity contribution in [2.24, 2.45) is 0 Å². The van der Waals surface area contributed by atoms with Gasteiger partial charge in [0.1, 0.15) is 0 Å². The largest absolute Gasteiger partial charge is 0.454 e. The maximum atomic E-state index is 12.1. The number of hydrogen-bond acceptors (Lipinski definition) is 4. The van der Waals surface area contributed by atoms with E-state index in [4.69, 9.17) is 21.1 Å². The van der Waals surface area contributed by atoms with E-state index in [9.17, 15) is 8.42 Å². The first-order valence-electron chi connectivity index (χ1n) is 6.68. The Morgan fingerprint density at radius 1 is 1.05 bits per heavy atom. The second-order valence-corrected chi connectivity index (χ2v) is 6.99. The maximum Gasteiger partial charge on any atom is 0.240 e. The number of ether oxygens (including phenoxy) is 2. The van der Waals surface area contributed by atoms with Crippen LogP contribution in [0, 0.1) is 0 Å². The van der Waals surface area contributed by atoms with Crippen LogP contribution in [0.3, 0.4) is 0 Å². The molecule has 7 heteroatoms. The van der Waals surface area contributed by atoms with Gasteiger partial charge < -0.3 is 9.47 Å². The van der Waals surface area contributed by atoms with Gasteiger partial charge in [-0.3, -0.25) is 0 Å². The fraction of sp³-hybridized carbons (Fsp3) is 0.200. The van der Waals surface area contributed by atoms with Gasteiger partial charge in [0, 0.05) is 11.6 Å². The topological polar surface area (TPSA) is 64.6 Å². The third-order valence-electron chi connectivity index (χ3n) is 3.27. The Bertz CT molecular complexity index is 775. The first-order valence-corrected chi connectivity index (χ1v) is 8.54. The van der Waals surface area contributed by atoms with Gasteiger partial charge in [0.25, 0.3) is 0 Å². The van der Waals surface area contributed by atoms with Crippen molar-refractivity contribution in [2.45, 2.75) is 11.3 Å². The van der Waals surface area contributed by atoms with Gasteiger partial charge in [-0.15, -0.1) is 0 Å². The predicted molar refractivity (Wildman–Crippen MR) is 82.9 cm³/mol. The lowest BCUT2D eigenvalue weighted by Gasteiger charge is -2.07. The van der Waals surface area contributed by atoms with Crippen LogP contribution in [-0.4, -0.2) is 21.8 Å². The van der Waals surface area contributed by atoms with Crippen molar-refractivity contribution in [3.63, 3.8) is 0 Å². The van der Waals surface area contributed by atoms with Crippen molar-refractivity contribution in [1.29, 1.82) is 0 Å². The van der Waals surface area contributed by atoms with Gasteiger partial charge in [-0.25, -0.2) is 13.1 Å². The van der Waals surface area contributed by atoms with Crippen LogP contribution in [0.4, 0.5) is 0 Å². The van der Waals surface area contributed by atoms with Crippen molar-refractivity contribution in [3.8, 4) is 11.5 Å². The highest BCUT2D eigenvalue weighted by Gasteiger charge is 2.15. The summed E-state index contributed by atoms with van der Waals surface area (Å²) >= 11 is 5.76. The molecule has 0 saturated heterocycles. The zero-order valence-corrected chi connectivity index (χ0v) is 13.2. The first-order chi connectivity index (χ1) is 10.5. The summed E-state index contributed by atoms with van der Waals surface area (Å²) in [5.41, 5.74) is 0.975. The van der Waals surface area contributed by atoms with Gasteiger partial charge in [-0.2, -0.15) is 0 Å². The summed E-state index contributed by atoms with van der Waals surface area (Å²) in [6, 6.07) is 11.6. The van der Waals surface area contributed by atoms with E-state index >= 15 is 0 Å². The Morgan fingerprint density at radius 3 is 2.55 bits per heavy atom. The molecule has 0 atom stereocenters. The summed E-state index contributed by atoms with van der Waals surface area (Å²) in [4.78, 5) is 0.197. The molecule has 0 aromatic heterocycles. The molecule has 0 aliphatic carbocycles. The zero-order chi connectivity index (χ0) is 15.6. The Morgan fingerprint density at radius 2 is 1.77 bits per heavy atom. The molecule has 1 heterocycles. The number of halogens is 1. The molecule has 0 radical (unpaired) electrons. The second-order valence-electron chi connectivity index (χ2n) is 4.79. The molecule has 22 heavy (non-hydrogen) atoms. The molecule has 3 rings (SSSR count). The zero-order valence-electron chi connectivity index (χ0n) is 11.6. The SMILES string of the molecule is O=S(=O)(NCCc1ccc2c(c1)OCO2)c1ccc(Cl)cc1. The van der Waals surface area contributed by atoms with Gasteiger partial charge in [-0.1, -0.05) is 17.7 Å². The minimum Gasteiger partial charge on any atom is -0.454 e. The smallest absolute Gasteiger partial charge is 0.240 e. The van der Waals surface area contributed by atoms with Crippen molar-refractivity contribution in [2.75, 3.05) is 13.3 Å². The van der Waals surface area contributed by atoms with Crippen molar-refractivity contribution in [1.82, 2.24) is 4.72 Å². The van der Waals surface area contributed by atoms with Crippen LogP contribution in [0.5, 0.6) is 11.5 Å². The number of hydrogen-bond donors (Lipinski definition) is 1. The monoisotopic (exact) mass is 339 g/mol. The molecule has 1 N–H and O–H groups in total. The van der Waals surface area contributed by atoms with Crippen molar-refractivity contribution < 1.29 is 17.9 Å². The summed E-state index contributed by atoms with van der Waals surface area (Å²) < 4.78 is 37.3. The van der Waals surface area contributed by atoms with E-state index < -0.39 is 10.0 Å². The Kier molecular flexibility index (Phi) is 4.24. The summed E-state index contributed by atoms with van der Waals surface area (Å²) in [6.45, 7) is 0.520. The quantitative estimate of drug-likeness (QED) is 0.909. The summed E-state index contributed by atoms with van der Waals surface area (Å²) in [5.74, 6) is 1.41. The molecule has 0 unspecified atom stereocenters. The van der Waals surface area contributed by atoms with E-state index in [1.165, 1.54) is 12.1 Å². The van der Waals surface area contributed by atoms with E-state index in [1.807, 2.05) is 18.2 Å². The van der Waals surface area contributed by atoms with Crippen LogP contribution in [0.15, 0.2) is 47.4 Å². The van der Waals surface area contributed by atoms with Crippen LogP contribution in [-0.2, 0) is 16.4 Å². The highest BCUT2D eigenvalue weighted by atomic mass is 35.5. The lowest BCUT2D eigenvalue weighted by molar-refractivity contribution is 0.174. The third-order valence-corrected chi connectivity index (χ3v) is 5.00. The molecule has 5 nitrogen and oxygen atoms in total. The highest BCUT2D eigenvalue weighted by Crippen LogP contribution is 2.32. The average Bonchev–Trinajstić information content (AvgIpc) is 2.95. The molecule has 2 aromatic carbocycles. The van der Waals surface area contributed by atoms with Gasteiger partial charge in [0.15, 0.2) is 11.5 Å². The van der Waals surface area contributed by atoms with E-state index in [2.05, 4.69) is 4.72 Å². The summed E-state index contributed by atoms with van der Waals surface area (Å²) in [7, 11) is -3.52. The number of nitrogens with one attached hydrogen (secondary N) is 1. The maximum absolute atomic E-state index is 12.1. The lowest BCUT2D eigenvalue weighted by Crippen LogP contribution is -2.25. The molecule has 1 aliphatic heterocycles. The fourth-order valence-corrected chi connectivity index (χ4v) is 3.28. The van der Waals surface area contributed by atoms with Crippen LogP contribution in [0.2, 0.25) is 5.02 Å². The highest BCUT2D eigenvalue weighted by molar-refractivity contribution is 7.89. The van der Waals surface area contributed by atoms with Crippen molar-refractivity contribution >= 4 is 21.6 Å². The molecular formula is C15H14ClNO4S. The molecule has 1 aliphatic rings. The van der Waals surface area contributed by atoms with Crippen LogP contribution in [0.1, 0.15) is 5.56 Å². The van der Waals surface area contributed by atoms with Gasteiger partial charge in [0.05, 0.1) is 4.90 Å². The molecule has 0 amide bonds. The Hall–Kier alpha value is -1.76. The molecule has 0 bridgehead atoms. The van der Waals surface area contributed by atoms with E-state index in [0.717, 1.165) is 5.56 Å². The van der Waals surface area contributed by atoms with E-state index in [1.54, 1.807) is 12.1 Å². The Balaban J connectivity index is 1.61. The van der Waals surface area contributed by atoms with Gasteiger partial charge in [0.2, 0.25) is 16.8 Å². The van der Waals surface area contributed by atoms with Gasteiger partial charge >= 0.3 is 0 Å². The molecule has 2 aromatic rings. The fourth-order valence-electron chi connectivity index (χ4n) is 2.12. The van der Waals surface area contributed by atoms with Crippen LogP contribution in [0.25, 0.3) is 0 Å². The normalized spacial score (nSPS) is 13.3. The number of sulfonamides is 1. The summed E-state index contributed by atoms with van der Waals surface area (Å²) in [5, 5.41) is 0.499. The first kappa shape index (κ1) is 15.1. The molecule has 0 saturated carbocycles.